The number of carbonyl (C=O) groups excluding carboxylic acids is 2. The van der Waals surface area contributed by atoms with E-state index in [1.807, 2.05) is 0 Å². The van der Waals surface area contributed by atoms with Gasteiger partial charge in [-0.2, -0.15) is 0 Å². The summed E-state index contributed by atoms with van der Waals surface area (Å²) in [4.78, 5) is 21.1. The molecule has 8 N–H and O–H groups in total. The lowest BCUT2D eigenvalue weighted by atomic mass is 10.0. The van der Waals surface area contributed by atoms with Crippen molar-refractivity contribution in [2.75, 3.05) is 13.1 Å². The van der Waals surface area contributed by atoms with Gasteiger partial charge in [-0.3, -0.25) is 9.59 Å². The van der Waals surface area contributed by atoms with Gasteiger partial charge in [-0.05, 0) is 12.8 Å². The third-order valence-electron chi connectivity index (χ3n) is 8.22. The van der Waals surface area contributed by atoms with Crippen LogP contribution in [0.3, 0.4) is 0 Å². The standard InChI is InChI=1S/2C18H37NO.C2H8N2/c2*1-2-3-4-5-6-7-8-9-10-11-12-13-14-15-16-17-18(19)20;3-1-2-4/h2*2-17H2,1H3,(H2,19,20);1-4H2. The molecular formula is C38H82N4O2. The Bertz CT molecular complexity index is 485. The van der Waals surface area contributed by atoms with E-state index in [4.69, 9.17) is 22.9 Å². The van der Waals surface area contributed by atoms with Gasteiger partial charge in [0.15, 0.2) is 0 Å². The fourth-order valence-corrected chi connectivity index (χ4v) is 5.34. The van der Waals surface area contributed by atoms with Crippen molar-refractivity contribution in [2.24, 2.45) is 22.9 Å². The van der Waals surface area contributed by atoms with Crippen LogP contribution in [0.2, 0.25) is 0 Å². The molecule has 6 heteroatoms. The first-order valence-corrected chi connectivity index (χ1v) is 19.4. The van der Waals surface area contributed by atoms with Gasteiger partial charge in [-0.1, -0.05) is 194 Å². The molecule has 0 saturated carbocycles. The Balaban J connectivity index is -0.000000680. The molecule has 0 unspecified atom stereocenters. The van der Waals surface area contributed by atoms with Crippen molar-refractivity contribution in [1.29, 1.82) is 0 Å². The Hall–Kier alpha value is -1.14. The summed E-state index contributed by atoms with van der Waals surface area (Å²) < 4.78 is 0. The van der Waals surface area contributed by atoms with Crippen LogP contribution in [0.1, 0.15) is 219 Å². The zero-order valence-corrected chi connectivity index (χ0v) is 30.2. The van der Waals surface area contributed by atoms with Crippen LogP contribution in [0.25, 0.3) is 0 Å². The van der Waals surface area contributed by atoms with Crippen LogP contribution in [-0.4, -0.2) is 24.9 Å². The first kappa shape index (κ1) is 47.3. The molecule has 6 nitrogen and oxygen atoms in total. The van der Waals surface area contributed by atoms with Gasteiger partial charge >= 0.3 is 0 Å². The lowest BCUT2D eigenvalue weighted by molar-refractivity contribution is -0.119. The highest BCUT2D eigenvalue weighted by molar-refractivity contribution is 5.73. The molecule has 0 fully saturated rings. The minimum atomic E-state index is -0.153. The fourth-order valence-electron chi connectivity index (χ4n) is 5.34. The third-order valence-corrected chi connectivity index (χ3v) is 8.22. The number of unbranched alkanes of at least 4 members (excludes halogenated alkanes) is 28. The first-order chi connectivity index (χ1) is 21.5. The van der Waals surface area contributed by atoms with Crippen LogP contribution < -0.4 is 22.9 Å². The minimum absolute atomic E-state index is 0.153. The number of primary amides is 2. The van der Waals surface area contributed by atoms with Crippen molar-refractivity contribution in [3.05, 3.63) is 0 Å². The zero-order chi connectivity index (χ0) is 33.2. The maximum absolute atomic E-state index is 10.6. The molecule has 0 aromatic carbocycles. The van der Waals surface area contributed by atoms with E-state index in [9.17, 15) is 9.59 Å². The van der Waals surface area contributed by atoms with E-state index in [-0.39, 0.29) is 11.8 Å². The molecule has 0 bridgehead atoms. The van der Waals surface area contributed by atoms with Crippen LogP contribution in [0.4, 0.5) is 0 Å². The summed E-state index contributed by atoms with van der Waals surface area (Å²) in [5.74, 6) is -0.306. The molecule has 0 heterocycles. The Morgan fingerprint density at radius 3 is 0.614 bits per heavy atom. The molecule has 0 rings (SSSR count). The van der Waals surface area contributed by atoms with E-state index in [0.29, 0.717) is 25.9 Å². The lowest BCUT2D eigenvalue weighted by Gasteiger charge is -2.03. The van der Waals surface area contributed by atoms with E-state index >= 15 is 0 Å². The Morgan fingerprint density at radius 1 is 0.318 bits per heavy atom. The smallest absolute Gasteiger partial charge is 0.217 e. The van der Waals surface area contributed by atoms with Crippen molar-refractivity contribution in [3.63, 3.8) is 0 Å². The lowest BCUT2D eigenvalue weighted by Crippen LogP contribution is -2.11. The predicted octanol–water partition coefficient (Wildman–Crippen LogP) is 10.4. The number of hydrogen-bond acceptors (Lipinski definition) is 4. The molecule has 44 heavy (non-hydrogen) atoms. The van der Waals surface area contributed by atoms with E-state index in [1.165, 1.54) is 180 Å². The van der Waals surface area contributed by atoms with Crippen LogP contribution in [-0.2, 0) is 9.59 Å². The van der Waals surface area contributed by atoms with E-state index in [0.717, 1.165) is 12.8 Å². The van der Waals surface area contributed by atoms with Gasteiger partial charge in [0.05, 0.1) is 0 Å². The SMILES string of the molecule is CCCCCCCCCCCCCCCCCC(N)=O.CCCCCCCCCCCCCCCCCC(N)=O.NCCN. The minimum Gasteiger partial charge on any atom is -0.370 e. The van der Waals surface area contributed by atoms with Gasteiger partial charge in [0.25, 0.3) is 0 Å². The quantitative estimate of drug-likeness (QED) is 0.0538. The highest BCUT2D eigenvalue weighted by Crippen LogP contribution is 2.15. The maximum Gasteiger partial charge on any atom is 0.217 e. The third kappa shape index (κ3) is 56.6. The summed E-state index contributed by atoms with van der Waals surface area (Å²) in [5, 5.41) is 0. The van der Waals surface area contributed by atoms with Crippen LogP contribution in [0.15, 0.2) is 0 Å². The van der Waals surface area contributed by atoms with Crippen molar-refractivity contribution in [2.45, 2.75) is 219 Å². The average Bonchev–Trinajstić information content (AvgIpc) is 3.01. The largest absolute Gasteiger partial charge is 0.370 e. The van der Waals surface area contributed by atoms with Crippen molar-refractivity contribution in [1.82, 2.24) is 0 Å². The van der Waals surface area contributed by atoms with E-state index in [1.54, 1.807) is 0 Å². The van der Waals surface area contributed by atoms with Gasteiger partial charge in [0.1, 0.15) is 0 Å². The number of carbonyl (C=O) groups is 2. The molecule has 266 valence electrons. The summed E-state index contributed by atoms with van der Waals surface area (Å²) in [6.07, 6.45) is 41.8. The molecule has 0 aliphatic rings. The molecule has 2 amide bonds. The highest BCUT2D eigenvalue weighted by atomic mass is 16.1. The van der Waals surface area contributed by atoms with Crippen molar-refractivity contribution < 1.29 is 9.59 Å². The summed E-state index contributed by atoms with van der Waals surface area (Å²) in [5.41, 5.74) is 20.0. The number of rotatable bonds is 33. The molecule has 0 aromatic heterocycles. The molecule has 0 aliphatic heterocycles. The monoisotopic (exact) mass is 627 g/mol. The molecular weight excluding hydrogens is 544 g/mol. The van der Waals surface area contributed by atoms with E-state index in [2.05, 4.69) is 13.8 Å². The number of amides is 2. The van der Waals surface area contributed by atoms with Crippen molar-refractivity contribution in [3.8, 4) is 0 Å². The second-order valence-corrected chi connectivity index (χ2v) is 12.9. The van der Waals surface area contributed by atoms with Crippen LogP contribution in [0.5, 0.6) is 0 Å². The summed E-state index contributed by atoms with van der Waals surface area (Å²) in [6.45, 7) is 5.75. The molecule has 0 aromatic rings. The average molecular weight is 627 g/mol. The van der Waals surface area contributed by atoms with Crippen LogP contribution in [0, 0.1) is 0 Å². The Kier molecular flexibility index (Phi) is 49.7. The fraction of sp³-hybridized carbons (Fsp3) is 0.947. The van der Waals surface area contributed by atoms with Gasteiger partial charge in [0.2, 0.25) is 11.8 Å². The maximum atomic E-state index is 10.6. The summed E-state index contributed by atoms with van der Waals surface area (Å²) >= 11 is 0. The number of nitrogens with two attached hydrogens (primary N) is 4. The van der Waals surface area contributed by atoms with Crippen molar-refractivity contribution >= 4 is 11.8 Å². The topological polar surface area (TPSA) is 138 Å². The zero-order valence-electron chi connectivity index (χ0n) is 30.2. The van der Waals surface area contributed by atoms with Gasteiger partial charge in [-0.25, -0.2) is 0 Å². The molecule has 0 saturated heterocycles. The second kappa shape index (κ2) is 46.3. The number of hydrogen-bond donors (Lipinski definition) is 4. The van der Waals surface area contributed by atoms with Gasteiger partial charge in [-0.15, -0.1) is 0 Å². The Labute approximate surface area is 276 Å². The van der Waals surface area contributed by atoms with Gasteiger partial charge in [0, 0.05) is 25.9 Å². The molecule has 0 spiro atoms. The first-order valence-electron chi connectivity index (χ1n) is 19.4. The summed E-state index contributed by atoms with van der Waals surface area (Å²) in [6, 6.07) is 0. The normalized spacial score (nSPS) is 10.5. The molecule has 0 aliphatic carbocycles. The van der Waals surface area contributed by atoms with E-state index < -0.39 is 0 Å². The molecule has 0 radical (unpaired) electrons. The Morgan fingerprint density at radius 2 is 0.477 bits per heavy atom. The second-order valence-electron chi connectivity index (χ2n) is 12.9. The molecule has 0 atom stereocenters. The summed E-state index contributed by atoms with van der Waals surface area (Å²) in [7, 11) is 0. The van der Waals surface area contributed by atoms with Gasteiger partial charge < -0.3 is 22.9 Å². The highest BCUT2D eigenvalue weighted by Gasteiger charge is 1.97. The predicted molar refractivity (Wildman–Crippen MR) is 196 cm³/mol. The van der Waals surface area contributed by atoms with Crippen LogP contribution >= 0.6 is 0 Å².